The zero-order valence-corrected chi connectivity index (χ0v) is 9.29. The van der Waals surface area contributed by atoms with Crippen molar-refractivity contribution in [1.82, 2.24) is 4.98 Å². The molecule has 3 heteroatoms. The highest BCUT2D eigenvalue weighted by atomic mass is 16.5. The van der Waals surface area contributed by atoms with Crippen LogP contribution in [0.25, 0.3) is 0 Å². The second-order valence-electron chi connectivity index (χ2n) is 3.98. The highest BCUT2D eigenvalue weighted by Gasteiger charge is 2.21. The Morgan fingerprint density at radius 1 is 1.60 bits per heavy atom. The molecule has 1 N–H and O–H groups in total. The molecule has 1 aromatic rings. The van der Waals surface area contributed by atoms with Gasteiger partial charge in [-0.25, -0.2) is 4.98 Å². The van der Waals surface area contributed by atoms with E-state index in [1.807, 2.05) is 13.0 Å². The normalized spacial score (nSPS) is 19.8. The minimum Gasteiger partial charge on any atom is -0.478 e. The molecular formula is C12H17NO2. The van der Waals surface area contributed by atoms with Crippen LogP contribution in [0.3, 0.4) is 0 Å². The first-order valence-electron chi connectivity index (χ1n) is 5.53. The van der Waals surface area contributed by atoms with E-state index < -0.39 is 6.10 Å². The van der Waals surface area contributed by atoms with Gasteiger partial charge in [-0.05, 0) is 44.2 Å². The third-order valence-electron chi connectivity index (χ3n) is 2.87. The number of fused-ring (bicyclic) bond motifs is 1. The van der Waals surface area contributed by atoms with Crippen LogP contribution in [0.5, 0.6) is 5.88 Å². The van der Waals surface area contributed by atoms with Crippen molar-refractivity contribution in [2.24, 2.45) is 0 Å². The van der Waals surface area contributed by atoms with Gasteiger partial charge in [-0.3, -0.25) is 0 Å². The molecule has 0 aliphatic heterocycles. The van der Waals surface area contributed by atoms with Crippen molar-refractivity contribution in [3.63, 3.8) is 0 Å². The fourth-order valence-corrected chi connectivity index (χ4v) is 2.12. The fraction of sp³-hybridized carbons (Fsp3) is 0.583. The van der Waals surface area contributed by atoms with Crippen LogP contribution in [0.1, 0.15) is 42.7 Å². The Morgan fingerprint density at radius 2 is 2.40 bits per heavy atom. The Hall–Kier alpha value is -1.09. The van der Waals surface area contributed by atoms with Crippen molar-refractivity contribution in [2.45, 2.75) is 39.2 Å². The van der Waals surface area contributed by atoms with Crippen molar-refractivity contribution >= 4 is 0 Å². The third-order valence-corrected chi connectivity index (χ3v) is 2.87. The van der Waals surface area contributed by atoms with E-state index in [9.17, 15) is 5.11 Å². The molecule has 0 bridgehead atoms. The molecule has 2 rings (SSSR count). The summed E-state index contributed by atoms with van der Waals surface area (Å²) >= 11 is 0. The fourth-order valence-electron chi connectivity index (χ4n) is 2.12. The molecule has 1 aliphatic carbocycles. The molecule has 0 fully saturated rings. The van der Waals surface area contributed by atoms with E-state index >= 15 is 0 Å². The quantitative estimate of drug-likeness (QED) is 0.808. The lowest BCUT2D eigenvalue weighted by molar-refractivity contribution is 0.149. The van der Waals surface area contributed by atoms with Crippen LogP contribution in [0.2, 0.25) is 0 Å². The predicted molar refractivity (Wildman–Crippen MR) is 58.0 cm³/mol. The Kier molecular flexibility index (Phi) is 2.91. The van der Waals surface area contributed by atoms with E-state index in [0.717, 1.165) is 25.0 Å². The number of aliphatic hydroxyl groups is 1. The lowest BCUT2D eigenvalue weighted by atomic mass is 9.91. The summed E-state index contributed by atoms with van der Waals surface area (Å²) in [5.41, 5.74) is 3.21. The lowest BCUT2D eigenvalue weighted by Gasteiger charge is -2.22. The molecule has 0 saturated heterocycles. The number of aromatic nitrogens is 1. The van der Waals surface area contributed by atoms with Crippen molar-refractivity contribution in [3.05, 3.63) is 22.9 Å². The predicted octanol–water partition coefficient (Wildman–Crippen LogP) is 2.16. The smallest absolute Gasteiger partial charge is 0.213 e. The number of rotatable bonds is 2. The zero-order chi connectivity index (χ0) is 10.8. The van der Waals surface area contributed by atoms with Gasteiger partial charge in [0.1, 0.15) is 0 Å². The lowest BCUT2D eigenvalue weighted by Crippen LogP contribution is -2.14. The van der Waals surface area contributed by atoms with E-state index in [4.69, 9.17) is 4.74 Å². The second-order valence-corrected chi connectivity index (χ2v) is 3.98. The van der Waals surface area contributed by atoms with Gasteiger partial charge in [-0.15, -0.1) is 0 Å². The summed E-state index contributed by atoms with van der Waals surface area (Å²) in [6.07, 6.45) is 2.48. The van der Waals surface area contributed by atoms with Crippen molar-refractivity contribution in [1.29, 1.82) is 0 Å². The van der Waals surface area contributed by atoms with Gasteiger partial charge in [0.25, 0.3) is 0 Å². The number of pyridine rings is 1. The standard InChI is InChI=1S/C12H17NO2/c1-3-15-11-7-8(2)9-5-4-6-10(14)12(9)13-11/h7,10,14H,3-6H2,1-2H3. The summed E-state index contributed by atoms with van der Waals surface area (Å²) in [7, 11) is 0. The maximum atomic E-state index is 9.86. The van der Waals surface area contributed by atoms with Crippen LogP contribution < -0.4 is 4.74 Å². The van der Waals surface area contributed by atoms with Gasteiger partial charge < -0.3 is 9.84 Å². The molecule has 1 unspecified atom stereocenters. The minimum atomic E-state index is -0.409. The van der Waals surface area contributed by atoms with Crippen LogP contribution >= 0.6 is 0 Å². The molecule has 0 radical (unpaired) electrons. The summed E-state index contributed by atoms with van der Waals surface area (Å²) in [5.74, 6) is 0.634. The molecule has 0 aromatic carbocycles. The van der Waals surface area contributed by atoms with E-state index in [2.05, 4.69) is 11.9 Å². The maximum Gasteiger partial charge on any atom is 0.213 e. The van der Waals surface area contributed by atoms with Crippen LogP contribution in [0.15, 0.2) is 6.07 Å². The first kappa shape index (κ1) is 10.4. The molecule has 3 nitrogen and oxygen atoms in total. The van der Waals surface area contributed by atoms with Crippen molar-refractivity contribution in [2.75, 3.05) is 6.61 Å². The molecule has 1 aromatic heterocycles. The van der Waals surface area contributed by atoms with Crippen LogP contribution in [-0.4, -0.2) is 16.7 Å². The van der Waals surface area contributed by atoms with Gasteiger partial charge in [-0.1, -0.05) is 0 Å². The Balaban J connectivity index is 2.42. The number of ether oxygens (including phenoxy) is 1. The van der Waals surface area contributed by atoms with Crippen LogP contribution in [0, 0.1) is 6.92 Å². The Morgan fingerprint density at radius 3 is 3.13 bits per heavy atom. The summed E-state index contributed by atoms with van der Waals surface area (Å²) < 4.78 is 5.38. The molecule has 1 aliphatic rings. The molecule has 0 spiro atoms. The molecule has 82 valence electrons. The number of hydrogen-bond donors (Lipinski definition) is 1. The summed E-state index contributed by atoms with van der Waals surface area (Å²) in [4.78, 5) is 4.37. The molecular weight excluding hydrogens is 190 g/mol. The van der Waals surface area contributed by atoms with Gasteiger partial charge in [0.05, 0.1) is 18.4 Å². The average molecular weight is 207 g/mol. The summed E-state index contributed by atoms with van der Waals surface area (Å²) in [6.45, 7) is 4.61. The molecule has 1 heterocycles. The van der Waals surface area contributed by atoms with Gasteiger partial charge in [0, 0.05) is 6.07 Å². The second kappa shape index (κ2) is 4.19. The highest BCUT2D eigenvalue weighted by molar-refractivity contribution is 5.36. The topological polar surface area (TPSA) is 42.4 Å². The van der Waals surface area contributed by atoms with E-state index in [0.29, 0.717) is 12.5 Å². The first-order chi connectivity index (χ1) is 7.22. The Labute approximate surface area is 90.1 Å². The van der Waals surface area contributed by atoms with Crippen LogP contribution in [0.4, 0.5) is 0 Å². The molecule has 0 amide bonds. The van der Waals surface area contributed by atoms with E-state index in [1.54, 1.807) is 0 Å². The highest BCUT2D eigenvalue weighted by Crippen LogP contribution is 2.31. The van der Waals surface area contributed by atoms with Crippen molar-refractivity contribution in [3.8, 4) is 5.88 Å². The summed E-state index contributed by atoms with van der Waals surface area (Å²) in [5, 5.41) is 9.86. The number of nitrogens with zero attached hydrogens (tertiary/aromatic N) is 1. The van der Waals surface area contributed by atoms with Gasteiger partial charge in [0.15, 0.2) is 0 Å². The SMILES string of the molecule is CCOc1cc(C)c2c(n1)C(O)CCC2. The molecule has 0 saturated carbocycles. The van der Waals surface area contributed by atoms with E-state index in [1.165, 1.54) is 11.1 Å². The molecule has 15 heavy (non-hydrogen) atoms. The first-order valence-corrected chi connectivity index (χ1v) is 5.53. The average Bonchev–Trinajstić information content (AvgIpc) is 2.20. The third kappa shape index (κ3) is 1.97. The van der Waals surface area contributed by atoms with E-state index in [-0.39, 0.29) is 0 Å². The van der Waals surface area contributed by atoms with Gasteiger partial charge in [0.2, 0.25) is 5.88 Å². The number of aryl methyl sites for hydroxylation is 1. The van der Waals surface area contributed by atoms with Gasteiger partial charge >= 0.3 is 0 Å². The number of hydrogen-bond acceptors (Lipinski definition) is 3. The zero-order valence-electron chi connectivity index (χ0n) is 9.29. The Bertz CT molecular complexity index is 363. The largest absolute Gasteiger partial charge is 0.478 e. The maximum absolute atomic E-state index is 9.86. The monoisotopic (exact) mass is 207 g/mol. The summed E-state index contributed by atoms with van der Waals surface area (Å²) in [6, 6.07) is 1.96. The number of aliphatic hydroxyl groups excluding tert-OH is 1. The van der Waals surface area contributed by atoms with Crippen molar-refractivity contribution < 1.29 is 9.84 Å². The van der Waals surface area contributed by atoms with Gasteiger partial charge in [-0.2, -0.15) is 0 Å². The minimum absolute atomic E-state index is 0.409. The van der Waals surface area contributed by atoms with Crippen LogP contribution in [-0.2, 0) is 6.42 Å². The molecule has 1 atom stereocenters.